The number of amides is 2. The van der Waals surface area contributed by atoms with Crippen LogP contribution in [0.2, 0.25) is 0 Å². The molecule has 0 aromatic heterocycles. The lowest BCUT2D eigenvalue weighted by molar-refractivity contribution is -0.141. The summed E-state index contributed by atoms with van der Waals surface area (Å²) in [7, 11) is 1.66. The van der Waals surface area contributed by atoms with Gasteiger partial charge in [0.15, 0.2) is 5.11 Å². The third-order valence-electron chi connectivity index (χ3n) is 2.24. The van der Waals surface area contributed by atoms with Crippen molar-refractivity contribution in [2.45, 2.75) is 19.4 Å². The number of imide groups is 1. The molecule has 6 heteroatoms. The van der Waals surface area contributed by atoms with Crippen LogP contribution in [0.1, 0.15) is 13.8 Å². The number of hydrogen-bond donors (Lipinski definition) is 2. The van der Waals surface area contributed by atoms with E-state index in [1.165, 1.54) is 0 Å². The van der Waals surface area contributed by atoms with Gasteiger partial charge < -0.3 is 10.2 Å². The van der Waals surface area contributed by atoms with E-state index < -0.39 is 5.54 Å². The Morgan fingerprint density at radius 2 is 2.14 bits per heavy atom. The quantitative estimate of drug-likeness (QED) is 0.410. The van der Waals surface area contributed by atoms with Crippen molar-refractivity contribution in [1.29, 1.82) is 0 Å². The number of thiocarbonyl (C=S) groups is 1. The highest BCUT2D eigenvalue weighted by Crippen LogP contribution is 2.17. The highest BCUT2D eigenvalue weighted by Gasteiger charge is 2.41. The molecule has 0 radical (unpaired) electrons. The number of nitrogens with zero attached hydrogens (tertiary/aromatic N) is 1. The van der Waals surface area contributed by atoms with Gasteiger partial charge in [0.2, 0.25) is 5.91 Å². The molecule has 1 rings (SSSR count). The molecule has 1 aliphatic heterocycles. The van der Waals surface area contributed by atoms with E-state index in [0.29, 0.717) is 5.11 Å². The lowest BCUT2D eigenvalue weighted by atomic mass is 9.99. The number of carbonyl (C=O) groups is 2. The van der Waals surface area contributed by atoms with Gasteiger partial charge >= 0.3 is 0 Å². The summed E-state index contributed by atoms with van der Waals surface area (Å²) >= 11 is 5.01. The molecule has 0 aliphatic carbocycles. The van der Waals surface area contributed by atoms with Gasteiger partial charge in [0.05, 0.1) is 0 Å². The van der Waals surface area contributed by atoms with Crippen LogP contribution in [0.5, 0.6) is 0 Å². The Balaban J connectivity index is 2.96. The van der Waals surface area contributed by atoms with Crippen LogP contribution in [0.3, 0.4) is 0 Å². The molecular formula is C8H13N3O2S. The van der Waals surface area contributed by atoms with E-state index in [1.807, 2.05) is 0 Å². The molecule has 0 aromatic carbocycles. The zero-order chi connectivity index (χ0) is 10.9. The fourth-order valence-electron chi connectivity index (χ4n) is 1.24. The van der Waals surface area contributed by atoms with Crippen LogP contribution >= 0.6 is 12.2 Å². The monoisotopic (exact) mass is 215 g/mol. The Morgan fingerprint density at radius 1 is 1.57 bits per heavy atom. The topological polar surface area (TPSA) is 61.4 Å². The van der Waals surface area contributed by atoms with Crippen LogP contribution in [-0.2, 0) is 9.59 Å². The minimum Gasteiger partial charge on any atom is -0.366 e. The van der Waals surface area contributed by atoms with Crippen molar-refractivity contribution in [1.82, 2.24) is 15.5 Å². The standard InChI is InChI=1S/C8H13N3O2S/c1-8(2)6(13)10-5(12)4-11(8)7(14)9-3/h4H2,1-3H3,(H,9,14)(H,10,12,13). The molecule has 1 fully saturated rings. The molecule has 14 heavy (non-hydrogen) atoms. The van der Waals surface area contributed by atoms with Gasteiger partial charge in [-0.1, -0.05) is 0 Å². The van der Waals surface area contributed by atoms with E-state index in [4.69, 9.17) is 12.2 Å². The van der Waals surface area contributed by atoms with E-state index in [-0.39, 0.29) is 18.4 Å². The van der Waals surface area contributed by atoms with Crippen molar-refractivity contribution in [2.75, 3.05) is 13.6 Å². The summed E-state index contributed by atoms with van der Waals surface area (Å²) in [5.41, 5.74) is -0.784. The molecule has 1 heterocycles. The first-order chi connectivity index (χ1) is 6.39. The zero-order valence-electron chi connectivity index (χ0n) is 8.38. The van der Waals surface area contributed by atoms with Crippen LogP contribution < -0.4 is 10.6 Å². The van der Waals surface area contributed by atoms with Crippen molar-refractivity contribution >= 4 is 29.1 Å². The van der Waals surface area contributed by atoms with Crippen LogP contribution in [-0.4, -0.2) is 41.0 Å². The molecule has 0 spiro atoms. The Kier molecular flexibility index (Phi) is 2.75. The second-order valence-corrected chi connectivity index (χ2v) is 3.96. The molecule has 5 nitrogen and oxygen atoms in total. The minimum absolute atomic E-state index is 0.110. The largest absolute Gasteiger partial charge is 0.366 e. The fourth-order valence-corrected chi connectivity index (χ4v) is 1.54. The maximum absolute atomic E-state index is 11.5. The summed E-state index contributed by atoms with van der Waals surface area (Å²) in [4.78, 5) is 24.2. The predicted molar refractivity (Wildman–Crippen MR) is 55.6 cm³/mol. The summed E-state index contributed by atoms with van der Waals surface area (Å²) in [6.07, 6.45) is 0. The van der Waals surface area contributed by atoms with Gasteiger partial charge in [-0.2, -0.15) is 0 Å². The number of hydrogen-bond acceptors (Lipinski definition) is 3. The Hall–Kier alpha value is -1.17. The summed E-state index contributed by atoms with van der Waals surface area (Å²) in [5.74, 6) is -0.654. The van der Waals surface area contributed by atoms with Crippen molar-refractivity contribution in [2.24, 2.45) is 0 Å². The average Bonchev–Trinajstić information content (AvgIpc) is 2.10. The number of nitrogens with one attached hydrogen (secondary N) is 2. The maximum Gasteiger partial charge on any atom is 0.251 e. The Bertz CT molecular complexity index is 301. The summed E-state index contributed by atoms with van der Waals surface area (Å²) in [6.45, 7) is 3.55. The van der Waals surface area contributed by atoms with Gasteiger partial charge in [0.1, 0.15) is 12.1 Å². The van der Waals surface area contributed by atoms with Crippen molar-refractivity contribution in [3.05, 3.63) is 0 Å². The van der Waals surface area contributed by atoms with Crippen LogP contribution in [0.4, 0.5) is 0 Å². The molecule has 0 bridgehead atoms. The smallest absolute Gasteiger partial charge is 0.251 e. The minimum atomic E-state index is -0.784. The molecule has 2 N–H and O–H groups in total. The molecule has 1 saturated heterocycles. The number of carbonyl (C=O) groups excluding carboxylic acids is 2. The maximum atomic E-state index is 11.5. The van der Waals surface area contributed by atoms with E-state index >= 15 is 0 Å². The summed E-state index contributed by atoms with van der Waals surface area (Å²) < 4.78 is 0. The fraction of sp³-hybridized carbons (Fsp3) is 0.625. The van der Waals surface area contributed by atoms with Crippen LogP contribution in [0.15, 0.2) is 0 Å². The summed E-state index contributed by atoms with van der Waals surface area (Å²) in [6, 6.07) is 0. The third kappa shape index (κ3) is 1.70. The van der Waals surface area contributed by atoms with Gasteiger partial charge in [0, 0.05) is 7.05 Å². The van der Waals surface area contributed by atoms with E-state index in [0.717, 1.165) is 0 Å². The Labute approximate surface area is 87.8 Å². The molecule has 0 unspecified atom stereocenters. The lowest BCUT2D eigenvalue weighted by Gasteiger charge is -2.41. The van der Waals surface area contributed by atoms with Gasteiger partial charge in [0.25, 0.3) is 5.91 Å². The number of rotatable bonds is 0. The first kappa shape index (κ1) is 10.9. The third-order valence-corrected chi connectivity index (χ3v) is 2.67. The first-order valence-electron chi connectivity index (χ1n) is 4.23. The lowest BCUT2D eigenvalue weighted by Crippen LogP contribution is -2.66. The SMILES string of the molecule is CNC(=S)N1CC(=O)NC(=O)C1(C)C. The van der Waals surface area contributed by atoms with Crippen molar-refractivity contribution in [3.63, 3.8) is 0 Å². The molecule has 2 amide bonds. The van der Waals surface area contributed by atoms with Crippen molar-refractivity contribution < 1.29 is 9.59 Å². The molecule has 1 aliphatic rings. The number of piperazine rings is 1. The van der Waals surface area contributed by atoms with Gasteiger partial charge in [-0.05, 0) is 26.1 Å². The second-order valence-electron chi connectivity index (χ2n) is 3.58. The van der Waals surface area contributed by atoms with E-state index in [2.05, 4.69) is 10.6 Å². The molecular weight excluding hydrogens is 202 g/mol. The highest BCUT2D eigenvalue weighted by atomic mass is 32.1. The highest BCUT2D eigenvalue weighted by molar-refractivity contribution is 7.80. The molecule has 0 atom stereocenters. The van der Waals surface area contributed by atoms with E-state index in [1.54, 1.807) is 25.8 Å². The molecule has 78 valence electrons. The predicted octanol–water partition coefficient (Wildman–Crippen LogP) is -0.772. The van der Waals surface area contributed by atoms with Gasteiger partial charge in [-0.15, -0.1) is 0 Å². The van der Waals surface area contributed by atoms with Gasteiger partial charge in [-0.3, -0.25) is 14.9 Å². The van der Waals surface area contributed by atoms with Crippen LogP contribution in [0.25, 0.3) is 0 Å². The normalized spacial score (nSPS) is 20.4. The zero-order valence-corrected chi connectivity index (χ0v) is 9.20. The van der Waals surface area contributed by atoms with Crippen LogP contribution in [0, 0.1) is 0 Å². The molecule has 0 aromatic rings. The van der Waals surface area contributed by atoms with Gasteiger partial charge in [-0.25, -0.2) is 0 Å². The average molecular weight is 215 g/mol. The summed E-state index contributed by atoms with van der Waals surface area (Å²) in [5, 5.41) is 5.43. The van der Waals surface area contributed by atoms with Crippen molar-refractivity contribution in [3.8, 4) is 0 Å². The first-order valence-corrected chi connectivity index (χ1v) is 4.64. The molecule has 0 saturated carbocycles. The van der Waals surface area contributed by atoms with E-state index in [9.17, 15) is 9.59 Å². The second kappa shape index (κ2) is 3.53. The Morgan fingerprint density at radius 3 is 2.64 bits per heavy atom.